The molecule has 3 heteroatoms. The molecule has 0 aliphatic carbocycles. The van der Waals surface area contributed by atoms with E-state index in [0.29, 0.717) is 0 Å². The van der Waals surface area contributed by atoms with E-state index in [1.807, 2.05) is 0 Å². The molecule has 0 aromatic heterocycles. The number of rotatable bonds is 3. The van der Waals surface area contributed by atoms with E-state index in [0.717, 1.165) is 23.5 Å². The Hall–Kier alpha value is -0.540. The van der Waals surface area contributed by atoms with Gasteiger partial charge in [-0.3, -0.25) is 0 Å². The van der Waals surface area contributed by atoms with E-state index in [9.17, 15) is 0 Å². The zero-order chi connectivity index (χ0) is 10.5. The topological polar surface area (TPSA) is 24.1 Å². The normalized spacial score (nSPS) is 21.3. The van der Waals surface area contributed by atoms with Gasteiger partial charge in [-0.1, -0.05) is 15.9 Å². The van der Waals surface area contributed by atoms with E-state index in [1.54, 1.807) is 0 Å². The Bertz CT molecular complexity index is 291. The van der Waals surface area contributed by atoms with Crippen LogP contribution in [0.2, 0.25) is 0 Å². The summed E-state index contributed by atoms with van der Waals surface area (Å²) in [5, 5.41) is 6.91. The van der Waals surface area contributed by atoms with Crippen molar-refractivity contribution in [2.75, 3.05) is 25.0 Å². The molecule has 1 fully saturated rings. The first-order valence-corrected chi connectivity index (χ1v) is 6.34. The van der Waals surface area contributed by atoms with Gasteiger partial charge in [-0.2, -0.15) is 0 Å². The molecule has 2 nitrogen and oxygen atoms in total. The highest BCUT2D eigenvalue weighted by Gasteiger charge is 2.11. The highest BCUT2D eigenvalue weighted by Crippen LogP contribution is 2.16. The zero-order valence-corrected chi connectivity index (χ0v) is 10.4. The largest absolute Gasteiger partial charge is 0.385 e. The van der Waals surface area contributed by atoms with Gasteiger partial charge in [0.15, 0.2) is 0 Å². The molecule has 1 aliphatic heterocycles. The van der Waals surface area contributed by atoms with Gasteiger partial charge < -0.3 is 10.6 Å². The first-order chi connectivity index (χ1) is 7.34. The molecule has 0 spiro atoms. The Labute approximate surface area is 99.6 Å². The maximum absolute atomic E-state index is 3.48. The highest BCUT2D eigenvalue weighted by molar-refractivity contribution is 9.10. The molecule has 0 amide bonds. The van der Waals surface area contributed by atoms with Crippen LogP contribution in [0.25, 0.3) is 0 Å². The zero-order valence-electron chi connectivity index (χ0n) is 8.80. The Morgan fingerprint density at radius 2 is 2.13 bits per heavy atom. The van der Waals surface area contributed by atoms with Gasteiger partial charge in [0.25, 0.3) is 0 Å². The van der Waals surface area contributed by atoms with Gasteiger partial charge in [-0.15, -0.1) is 0 Å². The molecule has 2 rings (SSSR count). The summed E-state index contributed by atoms with van der Waals surface area (Å²) in [5.74, 6) is 0.780. The molecule has 0 radical (unpaired) electrons. The predicted octanol–water partition coefficient (Wildman–Crippen LogP) is 2.86. The molecule has 82 valence electrons. The summed E-state index contributed by atoms with van der Waals surface area (Å²) in [5.41, 5.74) is 1.21. The van der Waals surface area contributed by atoms with Crippen molar-refractivity contribution >= 4 is 21.6 Å². The number of anilines is 1. The van der Waals surface area contributed by atoms with Crippen molar-refractivity contribution in [2.24, 2.45) is 5.92 Å². The lowest BCUT2D eigenvalue weighted by atomic mass is 10.00. The number of nitrogens with one attached hydrogen (secondary N) is 2. The van der Waals surface area contributed by atoms with Gasteiger partial charge in [0.2, 0.25) is 0 Å². The summed E-state index contributed by atoms with van der Waals surface area (Å²) < 4.78 is 1.13. The Kier molecular flexibility index (Phi) is 4.03. The summed E-state index contributed by atoms with van der Waals surface area (Å²) in [7, 11) is 0. The molecule has 1 aromatic rings. The molecule has 1 aromatic carbocycles. The predicted molar refractivity (Wildman–Crippen MR) is 68.2 cm³/mol. The summed E-state index contributed by atoms with van der Waals surface area (Å²) in [6.45, 7) is 3.42. The fourth-order valence-electron chi connectivity index (χ4n) is 1.93. The number of hydrogen-bond donors (Lipinski definition) is 2. The first-order valence-electron chi connectivity index (χ1n) is 5.55. The average Bonchev–Trinajstić information content (AvgIpc) is 2.30. The lowest BCUT2D eigenvalue weighted by Crippen LogP contribution is -2.33. The summed E-state index contributed by atoms with van der Waals surface area (Å²) in [6.07, 6.45) is 2.66. The minimum absolute atomic E-state index is 0.780. The van der Waals surface area contributed by atoms with Crippen molar-refractivity contribution < 1.29 is 0 Å². The first kappa shape index (κ1) is 11.0. The maximum Gasteiger partial charge on any atom is 0.0341 e. The van der Waals surface area contributed by atoms with Crippen molar-refractivity contribution in [3.63, 3.8) is 0 Å². The SMILES string of the molecule is Brc1ccc(NCC2CCCNC2)cc1. The fraction of sp³-hybridized carbons (Fsp3) is 0.500. The minimum atomic E-state index is 0.780. The fourth-order valence-corrected chi connectivity index (χ4v) is 2.19. The third kappa shape index (κ3) is 3.50. The van der Waals surface area contributed by atoms with Gasteiger partial charge in [-0.25, -0.2) is 0 Å². The quantitative estimate of drug-likeness (QED) is 0.881. The second-order valence-electron chi connectivity index (χ2n) is 4.10. The molecule has 1 atom stereocenters. The summed E-state index contributed by atoms with van der Waals surface area (Å²) in [4.78, 5) is 0. The van der Waals surface area contributed by atoms with Crippen LogP contribution in [0, 0.1) is 5.92 Å². The lowest BCUT2D eigenvalue weighted by Gasteiger charge is -2.23. The minimum Gasteiger partial charge on any atom is -0.385 e. The molecule has 1 heterocycles. The van der Waals surface area contributed by atoms with Crippen LogP contribution in [0.1, 0.15) is 12.8 Å². The van der Waals surface area contributed by atoms with E-state index >= 15 is 0 Å². The molecule has 1 saturated heterocycles. The molecule has 1 aliphatic rings. The molecular formula is C12H17BrN2. The summed E-state index contributed by atoms with van der Waals surface area (Å²) >= 11 is 3.44. The Morgan fingerprint density at radius 3 is 2.80 bits per heavy atom. The van der Waals surface area contributed by atoms with E-state index < -0.39 is 0 Å². The Morgan fingerprint density at radius 1 is 1.33 bits per heavy atom. The van der Waals surface area contributed by atoms with E-state index in [2.05, 4.69) is 50.8 Å². The second-order valence-corrected chi connectivity index (χ2v) is 5.02. The number of hydrogen-bond acceptors (Lipinski definition) is 2. The molecule has 15 heavy (non-hydrogen) atoms. The third-order valence-electron chi connectivity index (χ3n) is 2.84. The number of benzene rings is 1. The van der Waals surface area contributed by atoms with Crippen LogP contribution in [0.15, 0.2) is 28.7 Å². The Balaban J connectivity index is 1.79. The van der Waals surface area contributed by atoms with Crippen LogP contribution in [-0.4, -0.2) is 19.6 Å². The smallest absolute Gasteiger partial charge is 0.0341 e. The van der Waals surface area contributed by atoms with E-state index in [-0.39, 0.29) is 0 Å². The highest BCUT2D eigenvalue weighted by atomic mass is 79.9. The maximum atomic E-state index is 3.48. The second kappa shape index (κ2) is 5.52. The van der Waals surface area contributed by atoms with Crippen molar-refractivity contribution in [3.8, 4) is 0 Å². The van der Waals surface area contributed by atoms with Crippen LogP contribution in [0.4, 0.5) is 5.69 Å². The lowest BCUT2D eigenvalue weighted by molar-refractivity contribution is 0.393. The monoisotopic (exact) mass is 268 g/mol. The number of halogens is 1. The van der Waals surface area contributed by atoms with Gasteiger partial charge in [0.05, 0.1) is 0 Å². The van der Waals surface area contributed by atoms with E-state index in [1.165, 1.54) is 25.1 Å². The molecule has 0 saturated carbocycles. The average molecular weight is 269 g/mol. The van der Waals surface area contributed by atoms with Gasteiger partial charge in [0.1, 0.15) is 0 Å². The van der Waals surface area contributed by atoms with Gasteiger partial charge in [-0.05, 0) is 56.1 Å². The van der Waals surface area contributed by atoms with Crippen molar-refractivity contribution in [3.05, 3.63) is 28.7 Å². The van der Waals surface area contributed by atoms with Crippen LogP contribution < -0.4 is 10.6 Å². The van der Waals surface area contributed by atoms with Crippen LogP contribution in [0.5, 0.6) is 0 Å². The van der Waals surface area contributed by atoms with Crippen LogP contribution >= 0.6 is 15.9 Å². The van der Waals surface area contributed by atoms with Gasteiger partial charge in [0, 0.05) is 16.7 Å². The van der Waals surface area contributed by atoms with Crippen molar-refractivity contribution in [1.29, 1.82) is 0 Å². The standard InChI is InChI=1S/C12H17BrN2/c13-11-3-5-12(6-4-11)15-9-10-2-1-7-14-8-10/h3-6,10,14-15H,1-2,7-9H2. The van der Waals surface area contributed by atoms with E-state index in [4.69, 9.17) is 0 Å². The molecule has 0 bridgehead atoms. The van der Waals surface area contributed by atoms with Crippen molar-refractivity contribution in [2.45, 2.75) is 12.8 Å². The van der Waals surface area contributed by atoms with Gasteiger partial charge >= 0.3 is 0 Å². The number of piperidine rings is 1. The summed E-state index contributed by atoms with van der Waals surface area (Å²) in [6, 6.07) is 8.36. The molecule has 2 N–H and O–H groups in total. The van der Waals surface area contributed by atoms with Crippen LogP contribution in [0.3, 0.4) is 0 Å². The van der Waals surface area contributed by atoms with Crippen molar-refractivity contribution in [1.82, 2.24) is 5.32 Å². The van der Waals surface area contributed by atoms with Crippen LogP contribution in [-0.2, 0) is 0 Å². The third-order valence-corrected chi connectivity index (χ3v) is 3.37. The molecule has 1 unspecified atom stereocenters. The molecular weight excluding hydrogens is 252 g/mol.